The second-order valence-electron chi connectivity index (χ2n) is 3.37. The summed E-state index contributed by atoms with van der Waals surface area (Å²) in [5, 5.41) is 8.31. The van der Waals surface area contributed by atoms with E-state index in [1.807, 2.05) is 0 Å². The van der Waals surface area contributed by atoms with Crippen molar-refractivity contribution in [3.63, 3.8) is 0 Å². The molecule has 1 N–H and O–H groups in total. The van der Waals surface area contributed by atoms with E-state index in [1.165, 1.54) is 0 Å². The summed E-state index contributed by atoms with van der Waals surface area (Å²) in [7, 11) is 0. The van der Waals surface area contributed by atoms with Gasteiger partial charge in [-0.05, 0) is 19.8 Å². The van der Waals surface area contributed by atoms with Crippen molar-refractivity contribution in [2.45, 2.75) is 52.1 Å². The Morgan fingerprint density at radius 3 is 2.50 bits per heavy atom. The molecular formula is C10H18O4. The van der Waals surface area contributed by atoms with E-state index in [2.05, 4.69) is 6.92 Å². The number of ether oxygens (including phenoxy) is 1. The first-order valence-electron chi connectivity index (χ1n) is 4.97. The van der Waals surface area contributed by atoms with Gasteiger partial charge in [-0.2, -0.15) is 0 Å². The van der Waals surface area contributed by atoms with Gasteiger partial charge in [0.2, 0.25) is 0 Å². The summed E-state index contributed by atoms with van der Waals surface area (Å²) < 4.78 is 4.89. The maximum absolute atomic E-state index is 10.9. The molecule has 0 heterocycles. The molecule has 82 valence electrons. The number of hydrogen-bond acceptors (Lipinski definition) is 3. The highest BCUT2D eigenvalue weighted by molar-refractivity contribution is 5.90. The third kappa shape index (κ3) is 7.58. The Bertz CT molecular complexity index is 189. The molecule has 0 aliphatic rings. The predicted octanol–water partition coefficient (Wildman–Crippen LogP) is 1.97. The molecule has 0 bridgehead atoms. The third-order valence-corrected chi connectivity index (χ3v) is 1.84. The van der Waals surface area contributed by atoms with Crippen LogP contribution in [0.25, 0.3) is 0 Å². The molecular weight excluding hydrogens is 184 g/mol. The van der Waals surface area contributed by atoms with Crippen molar-refractivity contribution in [3.05, 3.63) is 0 Å². The van der Waals surface area contributed by atoms with Crippen LogP contribution in [0.15, 0.2) is 0 Å². The van der Waals surface area contributed by atoms with Crippen molar-refractivity contribution >= 4 is 11.9 Å². The van der Waals surface area contributed by atoms with Gasteiger partial charge in [-0.25, -0.2) is 0 Å². The van der Waals surface area contributed by atoms with Gasteiger partial charge in [0.15, 0.2) is 0 Å². The van der Waals surface area contributed by atoms with Crippen LogP contribution in [0.5, 0.6) is 0 Å². The number of carboxylic acid groups (broad SMARTS) is 1. The summed E-state index contributed by atoms with van der Waals surface area (Å²) in [6.07, 6.45) is 3.33. The van der Waals surface area contributed by atoms with E-state index in [1.54, 1.807) is 6.92 Å². The van der Waals surface area contributed by atoms with E-state index in [0.29, 0.717) is 0 Å². The molecule has 0 radical (unpaired) electrons. The number of unbranched alkanes of at least 4 members (excludes halogenated alkanes) is 2. The second kappa shape index (κ2) is 7.35. The first-order valence-corrected chi connectivity index (χ1v) is 4.97. The van der Waals surface area contributed by atoms with Crippen molar-refractivity contribution in [1.29, 1.82) is 0 Å². The van der Waals surface area contributed by atoms with Crippen LogP contribution in [0.4, 0.5) is 0 Å². The monoisotopic (exact) mass is 202 g/mol. The quantitative estimate of drug-likeness (QED) is 0.389. The van der Waals surface area contributed by atoms with E-state index >= 15 is 0 Å². The number of carboxylic acids is 1. The van der Waals surface area contributed by atoms with Crippen molar-refractivity contribution in [2.24, 2.45) is 0 Å². The normalized spacial score (nSPS) is 12.1. The number of aliphatic carboxylic acids is 1. The van der Waals surface area contributed by atoms with Gasteiger partial charge in [0, 0.05) is 0 Å². The smallest absolute Gasteiger partial charge is 0.317 e. The zero-order chi connectivity index (χ0) is 11.0. The standard InChI is InChI=1S/C10H18O4/c1-3-4-5-6-8(2)14-10(13)7-9(11)12/h8H,3-7H2,1-2H3,(H,11,12)/t8-/m0/s1. The molecule has 0 aromatic carbocycles. The largest absolute Gasteiger partial charge is 0.481 e. The fourth-order valence-corrected chi connectivity index (χ4v) is 1.13. The van der Waals surface area contributed by atoms with Crippen LogP contribution in [0.1, 0.15) is 46.0 Å². The van der Waals surface area contributed by atoms with Gasteiger partial charge in [0.25, 0.3) is 0 Å². The van der Waals surface area contributed by atoms with Gasteiger partial charge in [0.05, 0.1) is 6.10 Å². The second-order valence-corrected chi connectivity index (χ2v) is 3.37. The minimum absolute atomic E-state index is 0.173. The van der Waals surface area contributed by atoms with E-state index in [9.17, 15) is 9.59 Å². The van der Waals surface area contributed by atoms with E-state index in [-0.39, 0.29) is 6.10 Å². The molecule has 0 amide bonds. The van der Waals surface area contributed by atoms with Gasteiger partial charge in [-0.3, -0.25) is 9.59 Å². The SMILES string of the molecule is CCCCC[C@H](C)OC(=O)CC(=O)O. The highest BCUT2D eigenvalue weighted by Crippen LogP contribution is 2.06. The zero-order valence-corrected chi connectivity index (χ0v) is 8.78. The molecule has 0 spiro atoms. The summed E-state index contributed by atoms with van der Waals surface area (Å²) in [6, 6.07) is 0. The molecule has 0 saturated carbocycles. The molecule has 1 atom stereocenters. The zero-order valence-electron chi connectivity index (χ0n) is 8.78. The maximum Gasteiger partial charge on any atom is 0.317 e. The molecule has 0 saturated heterocycles. The fraction of sp³-hybridized carbons (Fsp3) is 0.800. The summed E-state index contributed by atoms with van der Waals surface area (Å²) >= 11 is 0. The topological polar surface area (TPSA) is 63.6 Å². The number of carbonyl (C=O) groups excluding carboxylic acids is 1. The first-order chi connectivity index (χ1) is 6.56. The summed E-state index contributed by atoms with van der Waals surface area (Å²) in [5.74, 6) is -1.79. The van der Waals surface area contributed by atoms with Crippen LogP contribution in [0, 0.1) is 0 Å². The Morgan fingerprint density at radius 1 is 1.36 bits per heavy atom. The Labute approximate surface area is 84.3 Å². The fourth-order valence-electron chi connectivity index (χ4n) is 1.13. The Kier molecular flexibility index (Phi) is 6.80. The van der Waals surface area contributed by atoms with E-state index in [0.717, 1.165) is 25.7 Å². The molecule has 0 fully saturated rings. The molecule has 0 aromatic heterocycles. The Hall–Kier alpha value is -1.06. The van der Waals surface area contributed by atoms with Gasteiger partial charge in [-0.15, -0.1) is 0 Å². The molecule has 0 aliphatic carbocycles. The van der Waals surface area contributed by atoms with Crippen LogP contribution in [-0.4, -0.2) is 23.1 Å². The van der Waals surface area contributed by atoms with E-state index in [4.69, 9.17) is 9.84 Å². The molecule has 0 rings (SSSR count). The lowest BCUT2D eigenvalue weighted by atomic mass is 10.1. The minimum Gasteiger partial charge on any atom is -0.481 e. The first kappa shape index (κ1) is 12.9. The highest BCUT2D eigenvalue weighted by Gasteiger charge is 2.12. The van der Waals surface area contributed by atoms with Crippen molar-refractivity contribution in [1.82, 2.24) is 0 Å². The van der Waals surface area contributed by atoms with Gasteiger partial charge >= 0.3 is 11.9 Å². The number of esters is 1. The van der Waals surface area contributed by atoms with Crippen LogP contribution in [0.2, 0.25) is 0 Å². The van der Waals surface area contributed by atoms with Gasteiger partial charge < -0.3 is 9.84 Å². The number of rotatable bonds is 7. The number of hydrogen-bond donors (Lipinski definition) is 1. The van der Waals surface area contributed by atoms with Crippen LogP contribution >= 0.6 is 0 Å². The lowest BCUT2D eigenvalue weighted by molar-refractivity contribution is -0.154. The Morgan fingerprint density at radius 2 is 2.00 bits per heavy atom. The molecule has 4 nitrogen and oxygen atoms in total. The summed E-state index contributed by atoms with van der Waals surface area (Å²) in [4.78, 5) is 21.0. The highest BCUT2D eigenvalue weighted by atomic mass is 16.5. The van der Waals surface area contributed by atoms with Crippen molar-refractivity contribution < 1.29 is 19.4 Å². The average molecular weight is 202 g/mol. The van der Waals surface area contributed by atoms with Crippen LogP contribution in [0.3, 0.4) is 0 Å². The molecule has 4 heteroatoms. The minimum atomic E-state index is -1.14. The van der Waals surface area contributed by atoms with Gasteiger partial charge in [0.1, 0.15) is 6.42 Å². The Balaban J connectivity index is 3.55. The molecule has 0 aromatic rings. The lowest BCUT2D eigenvalue weighted by Gasteiger charge is -2.11. The molecule has 14 heavy (non-hydrogen) atoms. The van der Waals surface area contributed by atoms with Gasteiger partial charge in [-0.1, -0.05) is 19.8 Å². The predicted molar refractivity (Wildman–Crippen MR) is 51.9 cm³/mol. The number of carbonyl (C=O) groups is 2. The average Bonchev–Trinajstić information content (AvgIpc) is 2.02. The lowest BCUT2D eigenvalue weighted by Crippen LogP contribution is -2.17. The summed E-state index contributed by atoms with van der Waals surface area (Å²) in [5.41, 5.74) is 0. The maximum atomic E-state index is 10.9. The summed E-state index contributed by atoms with van der Waals surface area (Å²) in [6.45, 7) is 3.89. The molecule has 0 aliphatic heterocycles. The van der Waals surface area contributed by atoms with Crippen molar-refractivity contribution in [2.75, 3.05) is 0 Å². The van der Waals surface area contributed by atoms with Crippen LogP contribution < -0.4 is 0 Å². The third-order valence-electron chi connectivity index (χ3n) is 1.84. The van der Waals surface area contributed by atoms with Crippen LogP contribution in [-0.2, 0) is 14.3 Å². The molecule has 0 unspecified atom stereocenters. The van der Waals surface area contributed by atoms with Crippen molar-refractivity contribution in [3.8, 4) is 0 Å². The van der Waals surface area contributed by atoms with E-state index < -0.39 is 18.4 Å².